The van der Waals surface area contributed by atoms with Gasteiger partial charge in [0.05, 0.1) is 0 Å². The molecule has 16 heavy (non-hydrogen) atoms. The first-order valence-corrected chi connectivity index (χ1v) is 6.31. The van der Waals surface area contributed by atoms with E-state index in [1.165, 1.54) is 0 Å². The summed E-state index contributed by atoms with van der Waals surface area (Å²) in [4.78, 5) is 0. The standard InChI is InChI=1S/C14H28O2/c1-7-12(4)10-14(5,6)11-13(15-8-2)16-9-3/h7,12-13H,1,8-11H2,2-6H3. The van der Waals surface area contributed by atoms with Crippen LogP contribution in [0.4, 0.5) is 0 Å². The van der Waals surface area contributed by atoms with Crippen molar-refractivity contribution in [2.45, 2.75) is 53.8 Å². The number of hydrogen-bond donors (Lipinski definition) is 0. The fourth-order valence-corrected chi connectivity index (χ4v) is 2.03. The summed E-state index contributed by atoms with van der Waals surface area (Å²) >= 11 is 0. The van der Waals surface area contributed by atoms with Crippen LogP contribution in [-0.2, 0) is 9.47 Å². The molecule has 0 aromatic heterocycles. The summed E-state index contributed by atoms with van der Waals surface area (Å²) in [5.41, 5.74) is 0.225. The van der Waals surface area contributed by atoms with Crippen LogP contribution in [0.3, 0.4) is 0 Å². The van der Waals surface area contributed by atoms with E-state index in [1.54, 1.807) is 0 Å². The molecule has 0 heterocycles. The third-order valence-electron chi connectivity index (χ3n) is 2.70. The Kier molecular flexibility index (Phi) is 7.69. The molecule has 0 radical (unpaired) electrons. The largest absolute Gasteiger partial charge is 0.353 e. The first-order valence-electron chi connectivity index (χ1n) is 6.31. The van der Waals surface area contributed by atoms with Crippen molar-refractivity contribution in [3.05, 3.63) is 12.7 Å². The van der Waals surface area contributed by atoms with Gasteiger partial charge in [-0.3, -0.25) is 0 Å². The molecular formula is C14H28O2. The number of ether oxygens (including phenoxy) is 2. The second-order valence-corrected chi connectivity index (χ2v) is 5.13. The van der Waals surface area contributed by atoms with Crippen LogP contribution in [-0.4, -0.2) is 19.5 Å². The molecule has 0 rings (SSSR count). The lowest BCUT2D eigenvalue weighted by molar-refractivity contribution is -0.154. The molecule has 0 aliphatic carbocycles. The molecule has 0 N–H and O–H groups in total. The molecule has 1 unspecified atom stereocenters. The highest BCUT2D eigenvalue weighted by atomic mass is 16.7. The fraction of sp³-hybridized carbons (Fsp3) is 0.857. The minimum atomic E-state index is -0.0676. The van der Waals surface area contributed by atoms with Crippen LogP contribution in [0.5, 0.6) is 0 Å². The summed E-state index contributed by atoms with van der Waals surface area (Å²) < 4.78 is 11.2. The van der Waals surface area contributed by atoms with Gasteiger partial charge in [0.25, 0.3) is 0 Å². The highest BCUT2D eigenvalue weighted by Crippen LogP contribution is 2.32. The summed E-state index contributed by atoms with van der Waals surface area (Å²) in [5.74, 6) is 0.541. The predicted molar refractivity (Wildman–Crippen MR) is 69.4 cm³/mol. The monoisotopic (exact) mass is 228 g/mol. The predicted octanol–water partition coefficient (Wildman–Crippen LogP) is 4.01. The summed E-state index contributed by atoms with van der Waals surface area (Å²) in [5, 5.41) is 0. The molecule has 0 bridgehead atoms. The van der Waals surface area contributed by atoms with Crippen molar-refractivity contribution in [1.29, 1.82) is 0 Å². The lowest BCUT2D eigenvalue weighted by atomic mass is 9.80. The summed E-state index contributed by atoms with van der Waals surface area (Å²) in [6.45, 7) is 16.0. The summed E-state index contributed by atoms with van der Waals surface area (Å²) in [7, 11) is 0. The number of hydrogen-bond acceptors (Lipinski definition) is 2. The normalized spacial score (nSPS) is 14.1. The molecule has 0 aliphatic heterocycles. The van der Waals surface area contributed by atoms with Gasteiger partial charge in [0, 0.05) is 19.6 Å². The minimum absolute atomic E-state index is 0.0676. The molecule has 2 heteroatoms. The molecule has 96 valence electrons. The van der Waals surface area contributed by atoms with E-state index in [1.807, 2.05) is 19.9 Å². The van der Waals surface area contributed by atoms with Crippen LogP contribution in [0.25, 0.3) is 0 Å². The van der Waals surface area contributed by atoms with Crippen molar-refractivity contribution in [3.8, 4) is 0 Å². The van der Waals surface area contributed by atoms with E-state index >= 15 is 0 Å². The van der Waals surface area contributed by atoms with Crippen molar-refractivity contribution < 1.29 is 9.47 Å². The van der Waals surface area contributed by atoms with Gasteiger partial charge in [-0.25, -0.2) is 0 Å². The Morgan fingerprint density at radius 2 is 1.62 bits per heavy atom. The first-order chi connectivity index (χ1) is 7.45. The van der Waals surface area contributed by atoms with E-state index in [0.717, 1.165) is 12.8 Å². The Balaban J connectivity index is 4.21. The maximum absolute atomic E-state index is 5.59. The second kappa shape index (κ2) is 7.86. The highest BCUT2D eigenvalue weighted by Gasteiger charge is 2.25. The molecule has 0 aliphatic rings. The molecular weight excluding hydrogens is 200 g/mol. The molecule has 0 aromatic rings. The zero-order chi connectivity index (χ0) is 12.6. The van der Waals surface area contributed by atoms with E-state index in [-0.39, 0.29) is 11.7 Å². The van der Waals surface area contributed by atoms with Crippen LogP contribution < -0.4 is 0 Å². The van der Waals surface area contributed by atoms with Gasteiger partial charge in [0.1, 0.15) is 0 Å². The molecule has 0 spiro atoms. The lowest BCUT2D eigenvalue weighted by Crippen LogP contribution is -2.27. The van der Waals surface area contributed by atoms with Gasteiger partial charge in [-0.1, -0.05) is 26.8 Å². The van der Waals surface area contributed by atoms with Gasteiger partial charge in [-0.05, 0) is 31.6 Å². The quantitative estimate of drug-likeness (QED) is 0.438. The van der Waals surface area contributed by atoms with Crippen molar-refractivity contribution in [2.75, 3.05) is 13.2 Å². The van der Waals surface area contributed by atoms with E-state index < -0.39 is 0 Å². The average molecular weight is 228 g/mol. The number of rotatable bonds is 9. The van der Waals surface area contributed by atoms with Gasteiger partial charge in [0.2, 0.25) is 0 Å². The Hall–Kier alpha value is -0.340. The van der Waals surface area contributed by atoms with Gasteiger partial charge < -0.3 is 9.47 Å². The van der Waals surface area contributed by atoms with E-state index in [9.17, 15) is 0 Å². The Labute approximate surface area is 101 Å². The van der Waals surface area contributed by atoms with Crippen molar-refractivity contribution in [2.24, 2.45) is 11.3 Å². The summed E-state index contributed by atoms with van der Waals surface area (Å²) in [6, 6.07) is 0. The third kappa shape index (κ3) is 7.02. The molecule has 0 amide bonds. The van der Waals surface area contributed by atoms with E-state index in [2.05, 4.69) is 27.4 Å². The number of allylic oxidation sites excluding steroid dienone is 1. The van der Waals surface area contributed by atoms with E-state index in [0.29, 0.717) is 19.1 Å². The van der Waals surface area contributed by atoms with Gasteiger partial charge in [0.15, 0.2) is 6.29 Å². The molecule has 0 saturated carbocycles. The first kappa shape index (κ1) is 15.7. The van der Waals surface area contributed by atoms with Crippen LogP contribution in [0.2, 0.25) is 0 Å². The lowest BCUT2D eigenvalue weighted by Gasteiger charge is -2.31. The van der Waals surface area contributed by atoms with Crippen LogP contribution in [0.1, 0.15) is 47.5 Å². The maximum atomic E-state index is 5.59. The topological polar surface area (TPSA) is 18.5 Å². The molecule has 0 saturated heterocycles. The van der Waals surface area contributed by atoms with Crippen LogP contribution in [0, 0.1) is 11.3 Å². The second-order valence-electron chi connectivity index (χ2n) is 5.13. The SMILES string of the molecule is C=CC(C)CC(C)(C)CC(OCC)OCC. The van der Waals surface area contributed by atoms with Crippen molar-refractivity contribution in [3.63, 3.8) is 0 Å². The molecule has 0 fully saturated rings. The Morgan fingerprint density at radius 3 is 2.00 bits per heavy atom. The average Bonchev–Trinajstić information content (AvgIpc) is 2.17. The Morgan fingerprint density at radius 1 is 1.12 bits per heavy atom. The molecule has 2 nitrogen and oxygen atoms in total. The van der Waals surface area contributed by atoms with Crippen LogP contribution >= 0.6 is 0 Å². The zero-order valence-corrected chi connectivity index (χ0v) is 11.6. The minimum Gasteiger partial charge on any atom is -0.353 e. The van der Waals surface area contributed by atoms with Crippen molar-refractivity contribution in [1.82, 2.24) is 0 Å². The fourth-order valence-electron chi connectivity index (χ4n) is 2.03. The highest BCUT2D eigenvalue weighted by molar-refractivity contribution is 4.82. The summed E-state index contributed by atoms with van der Waals surface area (Å²) in [6.07, 6.45) is 4.00. The van der Waals surface area contributed by atoms with E-state index in [4.69, 9.17) is 9.47 Å². The third-order valence-corrected chi connectivity index (χ3v) is 2.70. The maximum Gasteiger partial charge on any atom is 0.158 e. The van der Waals surface area contributed by atoms with Crippen LogP contribution in [0.15, 0.2) is 12.7 Å². The molecule has 0 aromatic carbocycles. The van der Waals surface area contributed by atoms with Gasteiger partial charge in [-0.15, -0.1) is 6.58 Å². The van der Waals surface area contributed by atoms with Gasteiger partial charge in [-0.2, -0.15) is 0 Å². The molecule has 1 atom stereocenters. The van der Waals surface area contributed by atoms with Gasteiger partial charge >= 0.3 is 0 Å². The Bertz CT molecular complexity index is 181. The van der Waals surface area contributed by atoms with Crippen molar-refractivity contribution >= 4 is 0 Å². The smallest absolute Gasteiger partial charge is 0.158 e. The zero-order valence-electron chi connectivity index (χ0n) is 11.6.